The van der Waals surface area contributed by atoms with Crippen LogP contribution in [-0.4, -0.2) is 24.7 Å². The summed E-state index contributed by atoms with van der Waals surface area (Å²) in [6.07, 6.45) is 2.24. The summed E-state index contributed by atoms with van der Waals surface area (Å²) in [7, 11) is 0. The number of nitrogens with one attached hydrogen (secondary N) is 1. The lowest BCUT2D eigenvalue weighted by Gasteiger charge is -2.13. The van der Waals surface area contributed by atoms with Crippen molar-refractivity contribution < 1.29 is 4.74 Å². The van der Waals surface area contributed by atoms with Gasteiger partial charge in [-0.3, -0.25) is 0 Å². The van der Waals surface area contributed by atoms with Crippen LogP contribution in [0.1, 0.15) is 32.3 Å². The van der Waals surface area contributed by atoms with Gasteiger partial charge in [-0.05, 0) is 49.0 Å². The average molecular weight is 267 g/mol. The van der Waals surface area contributed by atoms with Crippen molar-refractivity contribution in [2.24, 2.45) is 0 Å². The molecule has 0 aromatic heterocycles. The molecule has 0 heterocycles. The largest absolute Gasteiger partial charge is 0.491 e. The average Bonchev–Trinajstić information content (AvgIpc) is 2.38. The molecule has 1 N–H and O–H groups in total. The molecule has 0 radical (unpaired) electrons. The zero-order valence-electron chi connectivity index (χ0n) is 11.8. The summed E-state index contributed by atoms with van der Waals surface area (Å²) in [5.41, 5.74) is 2.36. The monoisotopic (exact) mass is 267 g/mol. The number of anilines is 1. The van der Waals surface area contributed by atoms with Gasteiger partial charge in [0, 0.05) is 6.54 Å². The Kier molecular flexibility index (Phi) is 7.74. The molecule has 1 aromatic rings. The normalized spacial score (nSPS) is 10.4. The third-order valence-corrected chi connectivity index (χ3v) is 3.57. The van der Waals surface area contributed by atoms with Gasteiger partial charge >= 0.3 is 0 Å². The van der Waals surface area contributed by atoms with Crippen LogP contribution in [0.4, 0.5) is 5.69 Å². The molecule has 0 atom stereocenters. The molecule has 102 valence electrons. The maximum atomic E-state index is 5.78. The van der Waals surface area contributed by atoms with Crippen LogP contribution < -0.4 is 10.1 Å². The Morgan fingerprint density at radius 3 is 2.83 bits per heavy atom. The summed E-state index contributed by atoms with van der Waals surface area (Å²) < 4.78 is 5.78. The van der Waals surface area contributed by atoms with Crippen LogP contribution in [-0.2, 0) is 0 Å². The first-order chi connectivity index (χ1) is 8.77. The fourth-order valence-electron chi connectivity index (χ4n) is 1.65. The third kappa shape index (κ3) is 5.67. The minimum absolute atomic E-state index is 0.782. The van der Waals surface area contributed by atoms with E-state index in [1.807, 2.05) is 11.8 Å². The van der Waals surface area contributed by atoms with Crippen molar-refractivity contribution in [1.82, 2.24) is 0 Å². The highest BCUT2D eigenvalue weighted by Crippen LogP contribution is 2.25. The van der Waals surface area contributed by atoms with Crippen LogP contribution in [0.2, 0.25) is 0 Å². The van der Waals surface area contributed by atoms with Gasteiger partial charge in [-0.1, -0.05) is 19.9 Å². The molecule has 0 saturated carbocycles. The molecular formula is C15H25NOS. The van der Waals surface area contributed by atoms with Gasteiger partial charge in [-0.15, -0.1) is 0 Å². The number of hydrogen-bond acceptors (Lipinski definition) is 3. The van der Waals surface area contributed by atoms with E-state index in [0.717, 1.165) is 31.0 Å². The summed E-state index contributed by atoms with van der Waals surface area (Å²) in [6.45, 7) is 8.22. The zero-order valence-corrected chi connectivity index (χ0v) is 12.6. The second kappa shape index (κ2) is 9.15. The van der Waals surface area contributed by atoms with Crippen molar-refractivity contribution in [3.8, 4) is 5.75 Å². The minimum Gasteiger partial charge on any atom is -0.491 e. The predicted octanol–water partition coefficient (Wildman–Crippen LogP) is 4.34. The molecule has 3 heteroatoms. The van der Waals surface area contributed by atoms with Crippen LogP contribution in [0.5, 0.6) is 5.75 Å². The molecule has 0 amide bonds. The van der Waals surface area contributed by atoms with Gasteiger partial charge in [-0.2, -0.15) is 11.8 Å². The summed E-state index contributed by atoms with van der Waals surface area (Å²) >= 11 is 1.99. The van der Waals surface area contributed by atoms with Crippen LogP contribution >= 0.6 is 11.8 Å². The van der Waals surface area contributed by atoms with Gasteiger partial charge in [0.05, 0.1) is 12.3 Å². The maximum absolute atomic E-state index is 5.78. The minimum atomic E-state index is 0.782. The lowest BCUT2D eigenvalue weighted by atomic mass is 10.2. The Hall–Kier alpha value is -0.830. The summed E-state index contributed by atoms with van der Waals surface area (Å²) in [4.78, 5) is 0. The number of rotatable bonds is 9. The van der Waals surface area contributed by atoms with E-state index < -0.39 is 0 Å². The molecule has 0 bridgehead atoms. The molecule has 0 aliphatic heterocycles. The van der Waals surface area contributed by atoms with Crippen molar-refractivity contribution in [2.75, 3.05) is 30.0 Å². The Morgan fingerprint density at radius 1 is 1.28 bits per heavy atom. The Labute approximate surface area is 116 Å². The van der Waals surface area contributed by atoms with Gasteiger partial charge in [0.25, 0.3) is 0 Å². The Bertz CT molecular complexity index is 341. The van der Waals surface area contributed by atoms with Crippen LogP contribution in [0, 0.1) is 6.92 Å². The SMILES string of the molecule is CCCOc1cc(C)ccc1NCCCSCC. The zero-order chi connectivity index (χ0) is 13.2. The third-order valence-electron chi connectivity index (χ3n) is 2.58. The molecule has 0 saturated heterocycles. The number of ether oxygens (including phenoxy) is 1. The first kappa shape index (κ1) is 15.2. The van der Waals surface area contributed by atoms with Gasteiger partial charge in [0.2, 0.25) is 0 Å². The second-order valence-corrected chi connectivity index (χ2v) is 5.72. The van der Waals surface area contributed by atoms with Crippen molar-refractivity contribution in [1.29, 1.82) is 0 Å². The molecule has 2 nitrogen and oxygen atoms in total. The van der Waals surface area contributed by atoms with Crippen LogP contribution in [0.15, 0.2) is 18.2 Å². The number of thioether (sulfide) groups is 1. The molecule has 0 unspecified atom stereocenters. The van der Waals surface area contributed by atoms with Crippen molar-refractivity contribution in [3.63, 3.8) is 0 Å². The van der Waals surface area contributed by atoms with E-state index in [0.29, 0.717) is 0 Å². The van der Waals surface area contributed by atoms with Gasteiger partial charge < -0.3 is 10.1 Å². The number of benzene rings is 1. The van der Waals surface area contributed by atoms with E-state index in [9.17, 15) is 0 Å². The van der Waals surface area contributed by atoms with E-state index in [-0.39, 0.29) is 0 Å². The van der Waals surface area contributed by atoms with E-state index in [1.165, 1.54) is 23.5 Å². The quantitative estimate of drug-likeness (QED) is 0.673. The fraction of sp³-hybridized carbons (Fsp3) is 0.600. The van der Waals surface area contributed by atoms with E-state index >= 15 is 0 Å². The molecular weight excluding hydrogens is 242 g/mol. The van der Waals surface area contributed by atoms with E-state index in [4.69, 9.17) is 4.74 Å². The summed E-state index contributed by atoms with van der Waals surface area (Å²) in [5.74, 6) is 3.41. The van der Waals surface area contributed by atoms with Crippen molar-refractivity contribution in [2.45, 2.75) is 33.6 Å². The maximum Gasteiger partial charge on any atom is 0.142 e. The predicted molar refractivity (Wildman–Crippen MR) is 83.1 cm³/mol. The lowest BCUT2D eigenvalue weighted by Crippen LogP contribution is -2.06. The van der Waals surface area contributed by atoms with E-state index in [1.54, 1.807) is 0 Å². The second-order valence-electron chi connectivity index (χ2n) is 4.33. The molecule has 0 spiro atoms. The Morgan fingerprint density at radius 2 is 2.11 bits per heavy atom. The number of hydrogen-bond donors (Lipinski definition) is 1. The lowest BCUT2D eigenvalue weighted by molar-refractivity contribution is 0.318. The van der Waals surface area contributed by atoms with Crippen LogP contribution in [0.3, 0.4) is 0 Å². The fourth-order valence-corrected chi connectivity index (χ4v) is 2.29. The standard InChI is InChI=1S/C15H25NOS/c1-4-10-17-15-12-13(3)7-8-14(15)16-9-6-11-18-5-2/h7-8,12,16H,4-6,9-11H2,1-3H3. The van der Waals surface area contributed by atoms with Gasteiger partial charge in [0.15, 0.2) is 0 Å². The summed E-state index contributed by atoms with van der Waals surface area (Å²) in [5, 5.41) is 3.47. The molecule has 0 aliphatic carbocycles. The Balaban J connectivity index is 2.47. The summed E-state index contributed by atoms with van der Waals surface area (Å²) in [6, 6.07) is 6.36. The molecule has 0 fully saturated rings. The highest BCUT2D eigenvalue weighted by Gasteiger charge is 2.03. The van der Waals surface area contributed by atoms with Crippen LogP contribution in [0.25, 0.3) is 0 Å². The first-order valence-corrected chi connectivity index (χ1v) is 7.98. The number of aryl methyl sites for hydroxylation is 1. The molecule has 1 rings (SSSR count). The van der Waals surface area contributed by atoms with Gasteiger partial charge in [-0.25, -0.2) is 0 Å². The van der Waals surface area contributed by atoms with E-state index in [2.05, 4.69) is 44.3 Å². The molecule has 1 aromatic carbocycles. The van der Waals surface area contributed by atoms with Gasteiger partial charge in [0.1, 0.15) is 5.75 Å². The topological polar surface area (TPSA) is 21.3 Å². The molecule has 0 aliphatic rings. The van der Waals surface area contributed by atoms with Crippen molar-refractivity contribution >= 4 is 17.4 Å². The highest BCUT2D eigenvalue weighted by atomic mass is 32.2. The molecule has 18 heavy (non-hydrogen) atoms. The smallest absolute Gasteiger partial charge is 0.142 e. The first-order valence-electron chi connectivity index (χ1n) is 6.83. The highest BCUT2D eigenvalue weighted by molar-refractivity contribution is 7.99. The van der Waals surface area contributed by atoms with Crippen molar-refractivity contribution in [3.05, 3.63) is 23.8 Å².